The number of hydrogen-bond acceptors (Lipinski definition) is 4. The van der Waals surface area contributed by atoms with Crippen molar-refractivity contribution in [2.45, 2.75) is 0 Å². The van der Waals surface area contributed by atoms with Gasteiger partial charge < -0.3 is 9.13 Å². The average Bonchev–Trinajstić information content (AvgIpc) is 3.95. The van der Waals surface area contributed by atoms with Crippen molar-refractivity contribution in [1.82, 2.24) is 24.1 Å². The first-order valence-corrected chi connectivity index (χ1v) is 19.9. The van der Waals surface area contributed by atoms with Gasteiger partial charge in [0.2, 0.25) is 0 Å². The van der Waals surface area contributed by atoms with Crippen LogP contribution < -0.4 is 0 Å². The molecule has 0 spiro atoms. The largest absolute Gasteiger partial charge is 0.309 e. The molecule has 0 saturated heterocycles. The Balaban J connectivity index is 1.21. The van der Waals surface area contributed by atoms with Gasteiger partial charge in [0.15, 0.2) is 17.5 Å². The van der Waals surface area contributed by atoms with Crippen molar-refractivity contribution in [2.24, 2.45) is 0 Å². The third kappa shape index (κ3) is 4.84. The summed E-state index contributed by atoms with van der Waals surface area (Å²) >= 11 is 1.88. The number of thiophene rings is 1. The second-order valence-electron chi connectivity index (χ2n) is 14.4. The molecule has 0 aliphatic heterocycles. The minimum absolute atomic E-state index is 0.629. The van der Waals surface area contributed by atoms with Gasteiger partial charge in [-0.05, 0) is 42.5 Å². The normalized spacial score (nSPS) is 11.9. The molecule has 0 amide bonds. The number of aromatic nitrogens is 5. The van der Waals surface area contributed by atoms with Crippen LogP contribution in [0.15, 0.2) is 188 Å². The lowest BCUT2D eigenvalue weighted by atomic mass is 10.0. The number of para-hydroxylation sites is 3. The Labute approximate surface area is 331 Å². The van der Waals surface area contributed by atoms with Crippen LogP contribution in [0, 0.1) is 0 Å². The second-order valence-corrected chi connectivity index (χ2v) is 15.4. The Bertz CT molecular complexity index is 3450. The zero-order valence-electron chi connectivity index (χ0n) is 30.5. The van der Waals surface area contributed by atoms with Crippen molar-refractivity contribution >= 4 is 75.1 Å². The molecule has 0 saturated carbocycles. The topological polar surface area (TPSA) is 48.5 Å². The summed E-state index contributed by atoms with van der Waals surface area (Å²) in [6, 6.07) is 66.4. The summed E-state index contributed by atoms with van der Waals surface area (Å²) in [7, 11) is 0. The molecule has 5 nitrogen and oxygen atoms in total. The van der Waals surface area contributed by atoms with E-state index in [1.807, 2.05) is 72.0 Å². The third-order valence-corrected chi connectivity index (χ3v) is 12.3. The predicted octanol–water partition coefficient (Wildman–Crippen LogP) is 13.4. The molecule has 0 unspecified atom stereocenters. The lowest BCUT2D eigenvalue weighted by Gasteiger charge is -2.13. The van der Waals surface area contributed by atoms with Crippen LogP contribution in [0.4, 0.5) is 0 Å². The van der Waals surface area contributed by atoms with Crippen molar-refractivity contribution in [3.05, 3.63) is 188 Å². The van der Waals surface area contributed by atoms with E-state index in [4.69, 9.17) is 15.0 Å². The first-order chi connectivity index (χ1) is 28.3. The lowest BCUT2D eigenvalue weighted by molar-refractivity contribution is 1.07. The molecule has 0 bridgehead atoms. The maximum atomic E-state index is 5.10. The highest BCUT2D eigenvalue weighted by atomic mass is 32.1. The van der Waals surface area contributed by atoms with E-state index in [0.29, 0.717) is 17.5 Å². The Morgan fingerprint density at radius 3 is 1.47 bits per heavy atom. The molecule has 12 rings (SSSR count). The van der Waals surface area contributed by atoms with Crippen LogP contribution in [0.2, 0.25) is 0 Å². The molecule has 0 aliphatic rings. The maximum absolute atomic E-state index is 5.10. The molecule has 0 aliphatic carbocycles. The number of hydrogen-bond donors (Lipinski definition) is 0. The molecular formula is C51H31N5S. The number of fused-ring (bicyclic) bond motifs is 12. The van der Waals surface area contributed by atoms with Gasteiger partial charge in [0.05, 0.1) is 26.8 Å². The minimum Gasteiger partial charge on any atom is -0.309 e. The Kier molecular flexibility index (Phi) is 7.03. The molecule has 57 heavy (non-hydrogen) atoms. The van der Waals surface area contributed by atoms with Crippen LogP contribution in [0.1, 0.15) is 0 Å². The van der Waals surface area contributed by atoms with E-state index in [0.717, 1.165) is 33.6 Å². The van der Waals surface area contributed by atoms with E-state index >= 15 is 0 Å². The highest BCUT2D eigenvalue weighted by molar-refractivity contribution is 7.27. The van der Waals surface area contributed by atoms with Gasteiger partial charge in [0, 0.05) is 65.1 Å². The number of nitrogens with zero attached hydrogens (tertiary/aromatic N) is 5. The fourth-order valence-electron chi connectivity index (χ4n) is 8.72. The van der Waals surface area contributed by atoms with Crippen molar-refractivity contribution in [3.8, 4) is 45.5 Å². The van der Waals surface area contributed by atoms with E-state index in [1.54, 1.807) is 0 Å². The summed E-state index contributed by atoms with van der Waals surface area (Å²) in [6.45, 7) is 0. The van der Waals surface area contributed by atoms with E-state index in [-0.39, 0.29) is 0 Å². The molecule has 4 heterocycles. The molecule has 0 fully saturated rings. The summed E-state index contributed by atoms with van der Waals surface area (Å²) < 4.78 is 7.49. The average molecular weight is 746 g/mol. The molecule has 6 heteroatoms. The summed E-state index contributed by atoms with van der Waals surface area (Å²) in [4.78, 5) is 15.2. The molecular weight excluding hydrogens is 715 g/mol. The maximum Gasteiger partial charge on any atom is 0.164 e. The fourth-order valence-corrected chi connectivity index (χ4v) is 9.97. The molecule has 4 aromatic heterocycles. The van der Waals surface area contributed by atoms with E-state index in [2.05, 4.69) is 137 Å². The molecule has 0 N–H and O–H groups in total. The van der Waals surface area contributed by atoms with Gasteiger partial charge in [-0.2, -0.15) is 0 Å². The first-order valence-electron chi connectivity index (χ1n) is 19.1. The second kappa shape index (κ2) is 12.6. The van der Waals surface area contributed by atoms with Crippen LogP contribution in [0.3, 0.4) is 0 Å². The van der Waals surface area contributed by atoms with Gasteiger partial charge in [-0.25, -0.2) is 15.0 Å². The lowest BCUT2D eigenvalue weighted by Crippen LogP contribution is -2.01. The zero-order valence-corrected chi connectivity index (χ0v) is 31.4. The SMILES string of the molecule is c1ccc(-c2nc(-c3ccccc3)nc(-c3cccc(-n4c5ccccc5c5c4c4sc6ccccc6c4c4c6ccccc6n(-c6ccccc6)c45)c3)n2)cc1. The Hall–Kier alpha value is -7.41. The van der Waals surface area contributed by atoms with Crippen LogP contribution in [0.5, 0.6) is 0 Å². The van der Waals surface area contributed by atoms with E-state index < -0.39 is 0 Å². The van der Waals surface area contributed by atoms with E-state index in [1.165, 1.54) is 58.3 Å². The van der Waals surface area contributed by atoms with Gasteiger partial charge in [-0.3, -0.25) is 0 Å². The highest BCUT2D eigenvalue weighted by Gasteiger charge is 2.27. The number of rotatable bonds is 5. The monoisotopic (exact) mass is 745 g/mol. The highest BCUT2D eigenvalue weighted by Crippen LogP contribution is 2.51. The zero-order chi connectivity index (χ0) is 37.5. The summed E-state index contributed by atoms with van der Waals surface area (Å²) in [5, 5.41) is 7.56. The van der Waals surface area contributed by atoms with Gasteiger partial charge >= 0.3 is 0 Å². The smallest absolute Gasteiger partial charge is 0.164 e. The van der Waals surface area contributed by atoms with Gasteiger partial charge in [-0.15, -0.1) is 11.3 Å². The van der Waals surface area contributed by atoms with Crippen LogP contribution in [-0.2, 0) is 0 Å². The molecule has 8 aromatic carbocycles. The van der Waals surface area contributed by atoms with E-state index in [9.17, 15) is 0 Å². The van der Waals surface area contributed by atoms with Crippen LogP contribution in [0.25, 0.3) is 109 Å². The molecule has 0 radical (unpaired) electrons. The Morgan fingerprint density at radius 1 is 0.351 bits per heavy atom. The van der Waals surface area contributed by atoms with Gasteiger partial charge in [0.1, 0.15) is 0 Å². The third-order valence-electron chi connectivity index (χ3n) is 11.1. The standard InChI is InChI=1S/C51H31N5S/c1-4-17-32(18-5-1)49-52-50(33-19-6-2-7-20-33)54-51(53-49)34-21-16-24-36(31-34)56-41-29-14-11-26-38(41)45-46-43(44-39-27-12-15-30-42(39)57-48(44)47(45)56)37-25-10-13-28-40(37)55(46)35-22-8-3-9-23-35/h1-31H. The van der Waals surface area contributed by atoms with Gasteiger partial charge in [-0.1, -0.05) is 146 Å². The van der Waals surface area contributed by atoms with Crippen molar-refractivity contribution in [2.75, 3.05) is 0 Å². The molecule has 0 atom stereocenters. The van der Waals surface area contributed by atoms with Crippen LogP contribution in [-0.4, -0.2) is 24.1 Å². The summed E-state index contributed by atoms with van der Waals surface area (Å²) in [6.07, 6.45) is 0. The number of benzene rings is 8. The molecule has 266 valence electrons. The summed E-state index contributed by atoms with van der Waals surface area (Å²) in [5.74, 6) is 1.92. The quantitative estimate of drug-likeness (QED) is 0.176. The predicted molar refractivity (Wildman–Crippen MR) is 238 cm³/mol. The van der Waals surface area contributed by atoms with Crippen LogP contribution >= 0.6 is 11.3 Å². The van der Waals surface area contributed by atoms with Crippen molar-refractivity contribution < 1.29 is 0 Å². The van der Waals surface area contributed by atoms with Crippen molar-refractivity contribution in [3.63, 3.8) is 0 Å². The molecule has 12 aromatic rings. The minimum atomic E-state index is 0.629. The Morgan fingerprint density at radius 2 is 0.825 bits per heavy atom. The van der Waals surface area contributed by atoms with Crippen molar-refractivity contribution in [1.29, 1.82) is 0 Å². The fraction of sp³-hybridized carbons (Fsp3) is 0. The summed E-state index contributed by atoms with van der Waals surface area (Å²) in [5.41, 5.74) is 9.75. The van der Waals surface area contributed by atoms with Gasteiger partial charge in [0.25, 0.3) is 0 Å². The first kappa shape index (κ1) is 31.9.